The average molecular weight is 481 g/mol. The van der Waals surface area contributed by atoms with Crippen molar-refractivity contribution >= 4 is 43.6 Å². The van der Waals surface area contributed by atoms with Gasteiger partial charge in [-0.3, -0.25) is 15.1 Å². The largest absolute Gasteiger partial charge is 0.467 e. The molecule has 0 bridgehead atoms. The Labute approximate surface area is 204 Å². The van der Waals surface area contributed by atoms with E-state index in [1.54, 1.807) is 35.6 Å². The Morgan fingerprint density at radius 3 is 2.86 bits per heavy atom. The van der Waals surface area contributed by atoms with Gasteiger partial charge in [-0.25, -0.2) is 14.6 Å². The zero-order valence-corrected chi connectivity index (χ0v) is 19.6. The normalized spacial score (nSPS) is 11.3. The number of rotatable bonds is 6. The van der Waals surface area contributed by atoms with Crippen LogP contribution in [0.15, 0.2) is 77.8 Å². The number of pyridine rings is 2. The van der Waals surface area contributed by atoms with E-state index in [0.717, 1.165) is 28.0 Å². The Morgan fingerprint density at radius 2 is 2.06 bits per heavy atom. The van der Waals surface area contributed by atoms with Gasteiger partial charge in [0.05, 0.1) is 39.3 Å². The molecule has 1 aromatic carbocycles. The number of carbonyl (C=O) groups is 1. The van der Waals surface area contributed by atoms with Crippen LogP contribution in [0.3, 0.4) is 0 Å². The molecule has 6 aromatic rings. The molecule has 172 valence electrons. The summed E-state index contributed by atoms with van der Waals surface area (Å²) in [5.41, 5.74) is 4.59. The van der Waals surface area contributed by atoms with Crippen LogP contribution in [0.1, 0.15) is 28.6 Å². The number of anilines is 1. The van der Waals surface area contributed by atoms with Crippen molar-refractivity contribution in [1.82, 2.24) is 24.7 Å². The number of aromatic nitrogens is 5. The Hall–Kier alpha value is -4.37. The van der Waals surface area contributed by atoms with Gasteiger partial charge in [0.1, 0.15) is 12.3 Å². The fraction of sp³-hybridized carbons (Fsp3) is 0.115. The van der Waals surface area contributed by atoms with E-state index >= 15 is 0 Å². The predicted molar refractivity (Wildman–Crippen MR) is 136 cm³/mol. The first-order valence-electron chi connectivity index (χ1n) is 11.2. The first kappa shape index (κ1) is 21.2. The lowest BCUT2D eigenvalue weighted by Crippen LogP contribution is -2.13. The number of fused-ring (bicyclic) bond motifs is 2. The van der Waals surface area contributed by atoms with E-state index in [2.05, 4.69) is 39.4 Å². The van der Waals surface area contributed by atoms with Gasteiger partial charge in [-0.15, -0.1) is 0 Å². The second-order valence-electron chi connectivity index (χ2n) is 8.04. The lowest BCUT2D eigenvalue weighted by Gasteiger charge is -2.08. The molecule has 9 heteroatoms. The summed E-state index contributed by atoms with van der Waals surface area (Å²) in [6.45, 7) is 2.52. The highest BCUT2D eigenvalue weighted by atomic mass is 32.1. The number of thiazole rings is 1. The Bertz CT molecular complexity index is 1650. The van der Waals surface area contributed by atoms with Crippen molar-refractivity contribution in [2.45, 2.75) is 19.9 Å². The van der Waals surface area contributed by atoms with Crippen molar-refractivity contribution in [3.05, 3.63) is 90.3 Å². The van der Waals surface area contributed by atoms with Crippen LogP contribution < -0.4 is 5.32 Å². The van der Waals surface area contributed by atoms with Crippen LogP contribution in [0.4, 0.5) is 5.13 Å². The zero-order chi connectivity index (χ0) is 23.8. The van der Waals surface area contributed by atoms with Crippen LogP contribution >= 0.6 is 11.3 Å². The lowest BCUT2D eigenvalue weighted by atomic mass is 10.1. The molecule has 0 spiro atoms. The van der Waals surface area contributed by atoms with Gasteiger partial charge in [-0.2, -0.15) is 5.10 Å². The number of furan rings is 1. The summed E-state index contributed by atoms with van der Waals surface area (Å²) in [6, 6.07) is 15.4. The second kappa shape index (κ2) is 8.77. The van der Waals surface area contributed by atoms with Crippen LogP contribution in [0, 0.1) is 0 Å². The minimum Gasteiger partial charge on any atom is -0.467 e. The first-order valence-corrected chi connectivity index (χ1v) is 12.0. The molecule has 1 N–H and O–H groups in total. The summed E-state index contributed by atoms with van der Waals surface area (Å²) < 4.78 is 8.26. The molecule has 35 heavy (non-hydrogen) atoms. The van der Waals surface area contributed by atoms with E-state index < -0.39 is 0 Å². The smallest absolute Gasteiger partial charge is 0.258 e. The van der Waals surface area contributed by atoms with Crippen molar-refractivity contribution in [2.75, 3.05) is 5.32 Å². The van der Waals surface area contributed by atoms with E-state index in [0.29, 0.717) is 34.0 Å². The SMILES string of the molecule is CCc1ccc2nc(NC(=O)c3cc(-c4cccnc4)nc4c3cnn4Cc3ccco3)sc2c1. The van der Waals surface area contributed by atoms with Crippen LogP contribution in [0.2, 0.25) is 0 Å². The zero-order valence-electron chi connectivity index (χ0n) is 18.8. The maximum absolute atomic E-state index is 13.5. The highest BCUT2D eigenvalue weighted by Gasteiger charge is 2.19. The topological polar surface area (TPSA) is 98.7 Å². The van der Waals surface area contributed by atoms with Gasteiger partial charge in [0.2, 0.25) is 0 Å². The molecular formula is C26H20N6O2S. The van der Waals surface area contributed by atoms with Crippen LogP contribution in [0.25, 0.3) is 32.5 Å². The Morgan fingerprint density at radius 1 is 1.11 bits per heavy atom. The van der Waals surface area contributed by atoms with Gasteiger partial charge >= 0.3 is 0 Å². The quantitative estimate of drug-likeness (QED) is 0.335. The van der Waals surface area contributed by atoms with Crippen LogP contribution in [0.5, 0.6) is 0 Å². The lowest BCUT2D eigenvalue weighted by molar-refractivity contribution is 0.102. The van der Waals surface area contributed by atoms with Crippen LogP contribution in [-0.2, 0) is 13.0 Å². The monoisotopic (exact) mass is 480 g/mol. The third-order valence-corrected chi connectivity index (χ3v) is 6.71. The van der Waals surface area contributed by atoms with E-state index in [4.69, 9.17) is 9.40 Å². The molecule has 0 radical (unpaired) electrons. The molecule has 0 aliphatic rings. The molecule has 0 aliphatic heterocycles. The summed E-state index contributed by atoms with van der Waals surface area (Å²) in [4.78, 5) is 27.1. The predicted octanol–water partition coefficient (Wildman–Crippen LogP) is 5.56. The Kier molecular flexibility index (Phi) is 5.31. The number of amides is 1. The number of nitrogens with one attached hydrogen (secondary N) is 1. The van der Waals surface area contributed by atoms with Crippen molar-refractivity contribution in [3.63, 3.8) is 0 Å². The average Bonchev–Trinajstić information content (AvgIpc) is 3.64. The van der Waals surface area contributed by atoms with E-state index in [1.807, 2.05) is 30.3 Å². The van der Waals surface area contributed by atoms with Gasteiger partial charge in [-0.1, -0.05) is 24.3 Å². The molecule has 5 aromatic heterocycles. The molecule has 0 saturated carbocycles. The van der Waals surface area contributed by atoms with E-state index in [9.17, 15) is 4.79 Å². The van der Waals surface area contributed by atoms with Gasteiger partial charge in [0.25, 0.3) is 5.91 Å². The minimum atomic E-state index is -0.269. The molecule has 1 amide bonds. The number of benzene rings is 1. The molecule has 0 unspecified atom stereocenters. The molecule has 0 saturated heterocycles. The molecule has 8 nitrogen and oxygen atoms in total. The molecule has 0 fully saturated rings. The third-order valence-electron chi connectivity index (χ3n) is 5.78. The molecule has 6 rings (SSSR count). The summed E-state index contributed by atoms with van der Waals surface area (Å²) >= 11 is 1.46. The highest BCUT2D eigenvalue weighted by molar-refractivity contribution is 7.22. The van der Waals surface area contributed by atoms with Crippen molar-refractivity contribution < 1.29 is 9.21 Å². The second-order valence-corrected chi connectivity index (χ2v) is 9.08. The summed E-state index contributed by atoms with van der Waals surface area (Å²) in [6.07, 6.45) is 7.66. The summed E-state index contributed by atoms with van der Waals surface area (Å²) in [5, 5.41) is 8.67. The van der Waals surface area contributed by atoms with Gasteiger partial charge < -0.3 is 4.42 Å². The highest BCUT2D eigenvalue weighted by Crippen LogP contribution is 2.29. The molecular weight excluding hydrogens is 460 g/mol. The van der Waals surface area contributed by atoms with Gasteiger partial charge in [0, 0.05) is 18.0 Å². The fourth-order valence-corrected chi connectivity index (χ4v) is 4.89. The first-order chi connectivity index (χ1) is 17.2. The fourth-order valence-electron chi connectivity index (χ4n) is 3.97. The standard InChI is InChI=1S/C26H20N6O2S/c1-2-16-7-8-21-23(11-16)35-26(30-21)31-25(33)19-12-22(17-5-3-9-27-13-17)29-24-20(19)14-28-32(24)15-18-6-4-10-34-18/h3-14H,2,15H2,1H3,(H,30,31,33). The van der Waals surface area contributed by atoms with Crippen molar-refractivity contribution in [1.29, 1.82) is 0 Å². The summed E-state index contributed by atoms with van der Waals surface area (Å²) in [7, 11) is 0. The van der Waals surface area contributed by atoms with Crippen LogP contribution in [-0.4, -0.2) is 30.6 Å². The van der Waals surface area contributed by atoms with Crippen molar-refractivity contribution in [2.24, 2.45) is 0 Å². The minimum absolute atomic E-state index is 0.269. The molecule has 5 heterocycles. The van der Waals surface area contributed by atoms with E-state index in [1.165, 1.54) is 16.9 Å². The van der Waals surface area contributed by atoms with Gasteiger partial charge in [0.15, 0.2) is 10.8 Å². The van der Waals surface area contributed by atoms with E-state index in [-0.39, 0.29) is 5.91 Å². The molecule has 0 atom stereocenters. The maximum Gasteiger partial charge on any atom is 0.258 e. The number of aryl methyl sites for hydroxylation is 1. The van der Waals surface area contributed by atoms with Crippen molar-refractivity contribution in [3.8, 4) is 11.3 Å². The number of nitrogens with zero attached hydrogens (tertiary/aromatic N) is 5. The summed E-state index contributed by atoms with van der Waals surface area (Å²) in [5.74, 6) is 0.477. The number of hydrogen-bond donors (Lipinski definition) is 1. The number of carbonyl (C=O) groups excluding carboxylic acids is 1. The van der Waals surface area contributed by atoms with Gasteiger partial charge in [-0.05, 0) is 54.4 Å². The molecule has 0 aliphatic carbocycles. The maximum atomic E-state index is 13.5. The number of hydrogen-bond acceptors (Lipinski definition) is 7. The Balaban J connectivity index is 1.42. The third kappa shape index (κ3) is 4.06.